The van der Waals surface area contributed by atoms with E-state index in [0.717, 1.165) is 22.5 Å². The molecule has 0 bridgehead atoms. The van der Waals surface area contributed by atoms with Crippen LogP contribution >= 0.6 is 0 Å². The van der Waals surface area contributed by atoms with E-state index in [2.05, 4.69) is 20.8 Å². The normalized spacial score (nSPS) is 13.9. The first-order chi connectivity index (χ1) is 12.9. The van der Waals surface area contributed by atoms with Crippen molar-refractivity contribution in [1.82, 2.24) is 4.57 Å². The number of rotatable bonds is 3. The van der Waals surface area contributed by atoms with E-state index >= 15 is 0 Å². The van der Waals surface area contributed by atoms with Crippen LogP contribution in [0.2, 0.25) is 0 Å². The molecule has 0 unspecified atom stereocenters. The van der Waals surface area contributed by atoms with Gasteiger partial charge in [0.1, 0.15) is 5.82 Å². The van der Waals surface area contributed by atoms with E-state index in [1.807, 2.05) is 17.7 Å². The third kappa shape index (κ3) is 4.07. The molecule has 0 radical (unpaired) electrons. The standard InChI is InChI=1S/C22H24F4N2/c1-13(27)18-11-28(12-21(2,3)4)20-9-14(5-7-17(18)20)16-8-6-15(23)10-19(16)22(24,25)26/h5-11,13H,12,27H2,1-4H3/t13-/m1/s1. The van der Waals surface area contributed by atoms with Gasteiger partial charge in [-0.3, -0.25) is 0 Å². The van der Waals surface area contributed by atoms with E-state index in [-0.39, 0.29) is 17.0 Å². The van der Waals surface area contributed by atoms with Gasteiger partial charge in [-0.15, -0.1) is 0 Å². The molecule has 0 saturated carbocycles. The SMILES string of the molecule is C[C@@H](N)c1cn(CC(C)(C)C)c2cc(-c3ccc(F)cc3C(F)(F)F)ccc12. The van der Waals surface area contributed by atoms with Gasteiger partial charge < -0.3 is 10.3 Å². The molecule has 2 aromatic carbocycles. The number of hydrogen-bond acceptors (Lipinski definition) is 1. The lowest BCUT2D eigenvalue weighted by Crippen LogP contribution is -2.14. The number of benzene rings is 2. The van der Waals surface area contributed by atoms with E-state index in [0.29, 0.717) is 18.2 Å². The van der Waals surface area contributed by atoms with Crippen molar-refractivity contribution in [2.24, 2.45) is 11.1 Å². The van der Waals surface area contributed by atoms with Crippen LogP contribution in [0.5, 0.6) is 0 Å². The third-order valence-corrected chi connectivity index (χ3v) is 4.65. The van der Waals surface area contributed by atoms with E-state index in [1.54, 1.807) is 18.2 Å². The molecule has 1 atom stereocenters. The Kier molecular flexibility index (Phi) is 5.04. The zero-order valence-electron chi connectivity index (χ0n) is 16.4. The van der Waals surface area contributed by atoms with Crippen molar-refractivity contribution < 1.29 is 17.6 Å². The van der Waals surface area contributed by atoms with Gasteiger partial charge in [0.05, 0.1) is 5.56 Å². The van der Waals surface area contributed by atoms with Gasteiger partial charge in [-0.2, -0.15) is 13.2 Å². The maximum absolute atomic E-state index is 13.5. The molecule has 0 fully saturated rings. The Labute approximate surface area is 162 Å². The molecule has 28 heavy (non-hydrogen) atoms. The fraction of sp³-hybridized carbons (Fsp3) is 0.364. The molecular formula is C22H24F4N2. The predicted molar refractivity (Wildman–Crippen MR) is 104 cm³/mol. The first-order valence-corrected chi connectivity index (χ1v) is 9.12. The molecule has 0 aliphatic rings. The fourth-order valence-corrected chi connectivity index (χ4v) is 3.50. The van der Waals surface area contributed by atoms with Gasteiger partial charge in [-0.1, -0.05) is 39.0 Å². The molecular weight excluding hydrogens is 368 g/mol. The summed E-state index contributed by atoms with van der Waals surface area (Å²) in [6.45, 7) is 8.85. The van der Waals surface area contributed by atoms with Gasteiger partial charge in [0, 0.05) is 29.7 Å². The highest BCUT2D eigenvalue weighted by Gasteiger charge is 2.34. The van der Waals surface area contributed by atoms with Crippen LogP contribution in [0.15, 0.2) is 42.6 Å². The first-order valence-electron chi connectivity index (χ1n) is 9.12. The maximum Gasteiger partial charge on any atom is 0.417 e. The minimum atomic E-state index is -4.64. The third-order valence-electron chi connectivity index (χ3n) is 4.65. The second kappa shape index (κ2) is 6.92. The van der Waals surface area contributed by atoms with Gasteiger partial charge in [-0.25, -0.2) is 4.39 Å². The van der Waals surface area contributed by atoms with Crippen molar-refractivity contribution in [3.05, 3.63) is 59.5 Å². The van der Waals surface area contributed by atoms with Gasteiger partial charge in [0.15, 0.2) is 0 Å². The Morgan fingerprint density at radius 1 is 1.04 bits per heavy atom. The van der Waals surface area contributed by atoms with Crippen LogP contribution in [0.4, 0.5) is 17.6 Å². The van der Waals surface area contributed by atoms with Crippen LogP contribution < -0.4 is 5.73 Å². The molecule has 2 N–H and O–H groups in total. The van der Waals surface area contributed by atoms with Crippen LogP contribution in [0.25, 0.3) is 22.0 Å². The number of nitrogens with two attached hydrogens (primary N) is 1. The highest BCUT2D eigenvalue weighted by molar-refractivity contribution is 5.89. The second-order valence-corrected chi connectivity index (χ2v) is 8.48. The number of alkyl halides is 3. The molecule has 0 aliphatic carbocycles. The van der Waals surface area contributed by atoms with Crippen molar-refractivity contribution in [1.29, 1.82) is 0 Å². The van der Waals surface area contributed by atoms with Crippen LogP contribution in [0, 0.1) is 11.2 Å². The molecule has 0 aliphatic heterocycles. The Balaban J connectivity index is 2.24. The summed E-state index contributed by atoms with van der Waals surface area (Å²) in [4.78, 5) is 0. The van der Waals surface area contributed by atoms with E-state index in [1.165, 1.54) is 6.07 Å². The van der Waals surface area contributed by atoms with Gasteiger partial charge in [0.25, 0.3) is 0 Å². The summed E-state index contributed by atoms with van der Waals surface area (Å²) in [5, 5.41) is 0.915. The van der Waals surface area contributed by atoms with Crippen molar-refractivity contribution in [3.8, 4) is 11.1 Å². The number of halogens is 4. The first kappa shape index (κ1) is 20.4. The van der Waals surface area contributed by atoms with Crippen LogP contribution in [0.1, 0.15) is 44.9 Å². The Bertz CT molecular complexity index is 1010. The quantitative estimate of drug-likeness (QED) is 0.505. The Morgan fingerprint density at radius 3 is 2.29 bits per heavy atom. The second-order valence-electron chi connectivity index (χ2n) is 8.48. The smallest absolute Gasteiger partial charge is 0.347 e. The van der Waals surface area contributed by atoms with Crippen LogP contribution in [-0.4, -0.2) is 4.57 Å². The summed E-state index contributed by atoms with van der Waals surface area (Å²) in [7, 11) is 0. The summed E-state index contributed by atoms with van der Waals surface area (Å²) in [6, 6.07) is 7.74. The molecule has 0 amide bonds. The Hall–Kier alpha value is -2.34. The predicted octanol–water partition coefficient (Wildman–Crippen LogP) is 6.53. The summed E-state index contributed by atoms with van der Waals surface area (Å²) >= 11 is 0. The minimum Gasteiger partial charge on any atom is -0.347 e. The van der Waals surface area contributed by atoms with Crippen molar-refractivity contribution in [2.45, 2.75) is 46.5 Å². The molecule has 1 aromatic heterocycles. The van der Waals surface area contributed by atoms with E-state index in [9.17, 15) is 17.6 Å². The average molecular weight is 392 g/mol. The molecule has 3 aromatic rings. The van der Waals surface area contributed by atoms with E-state index in [4.69, 9.17) is 5.73 Å². The van der Waals surface area contributed by atoms with Gasteiger partial charge in [0.2, 0.25) is 0 Å². The van der Waals surface area contributed by atoms with Crippen LogP contribution in [0.3, 0.4) is 0 Å². The summed E-state index contributed by atoms with van der Waals surface area (Å²) in [5.41, 5.74) is 7.21. The van der Waals surface area contributed by atoms with Crippen molar-refractivity contribution in [3.63, 3.8) is 0 Å². The minimum absolute atomic E-state index is 0.0237. The fourth-order valence-electron chi connectivity index (χ4n) is 3.50. The number of aromatic nitrogens is 1. The van der Waals surface area contributed by atoms with E-state index < -0.39 is 17.6 Å². The lowest BCUT2D eigenvalue weighted by molar-refractivity contribution is -0.137. The molecule has 6 heteroatoms. The molecule has 1 heterocycles. The lowest BCUT2D eigenvalue weighted by atomic mass is 9.96. The number of nitrogens with zero attached hydrogens (tertiary/aromatic N) is 1. The zero-order valence-corrected chi connectivity index (χ0v) is 16.4. The maximum atomic E-state index is 13.5. The highest BCUT2D eigenvalue weighted by atomic mass is 19.4. The molecule has 150 valence electrons. The lowest BCUT2D eigenvalue weighted by Gasteiger charge is -2.20. The van der Waals surface area contributed by atoms with Gasteiger partial charge in [-0.05, 0) is 47.2 Å². The molecule has 3 rings (SSSR count). The summed E-state index contributed by atoms with van der Waals surface area (Å²) in [5.74, 6) is -0.910. The molecule has 0 spiro atoms. The average Bonchev–Trinajstić information content (AvgIpc) is 2.90. The van der Waals surface area contributed by atoms with Gasteiger partial charge >= 0.3 is 6.18 Å². The van der Waals surface area contributed by atoms with Crippen molar-refractivity contribution in [2.75, 3.05) is 0 Å². The summed E-state index contributed by atoms with van der Waals surface area (Å²) in [6.07, 6.45) is -2.67. The monoisotopic (exact) mass is 392 g/mol. The topological polar surface area (TPSA) is 30.9 Å². The largest absolute Gasteiger partial charge is 0.417 e. The summed E-state index contributed by atoms with van der Waals surface area (Å²) < 4.78 is 55.9. The number of fused-ring (bicyclic) bond motifs is 1. The Morgan fingerprint density at radius 2 is 1.71 bits per heavy atom. The molecule has 2 nitrogen and oxygen atoms in total. The number of hydrogen-bond donors (Lipinski definition) is 1. The highest BCUT2D eigenvalue weighted by Crippen LogP contribution is 2.39. The van der Waals surface area contributed by atoms with Crippen LogP contribution in [-0.2, 0) is 12.7 Å². The zero-order chi connectivity index (χ0) is 20.9. The van der Waals surface area contributed by atoms with Crippen molar-refractivity contribution >= 4 is 10.9 Å². The molecule has 0 saturated heterocycles.